The lowest BCUT2D eigenvalue weighted by Gasteiger charge is -2.06. The van der Waals surface area contributed by atoms with E-state index in [1.54, 1.807) is 19.2 Å². The van der Waals surface area contributed by atoms with Crippen LogP contribution in [0.4, 0.5) is 0 Å². The first-order valence-electron chi connectivity index (χ1n) is 3.81. The number of allylic oxidation sites excluding steroid dienone is 1. The van der Waals surface area contributed by atoms with Crippen LogP contribution in [0.25, 0.3) is 0 Å². The zero-order valence-electron chi connectivity index (χ0n) is 7.38. The SMILES string of the molecule is C=C/C(NCCN)=C(N)\N=C/C. The van der Waals surface area contributed by atoms with Gasteiger partial charge in [0.05, 0.1) is 5.70 Å². The van der Waals surface area contributed by atoms with E-state index >= 15 is 0 Å². The number of nitrogens with zero attached hydrogens (tertiary/aromatic N) is 1. The summed E-state index contributed by atoms with van der Waals surface area (Å²) < 4.78 is 0. The molecule has 0 aromatic heterocycles. The Kier molecular flexibility index (Phi) is 5.73. The Hall–Kier alpha value is -1.29. The maximum absolute atomic E-state index is 5.59. The van der Waals surface area contributed by atoms with E-state index in [4.69, 9.17) is 11.5 Å². The molecule has 0 unspecified atom stereocenters. The van der Waals surface area contributed by atoms with Crippen LogP contribution >= 0.6 is 0 Å². The Labute approximate surface area is 73.0 Å². The van der Waals surface area contributed by atoms with Crippen LogP contribution in [0, 0.1) is 0 Å². The van der Waals surface area contributed by atoms with Gasteiger partial charge in [-0.3, -0.25) is 0 Å². The van der Waals surface area contributed by atoms with Crippen molar-refractivity contribution in [3.8, 4) is 0 Å². The number of hydrogen-bond acceptors (Lipinski definition) is 4. The predicted octanol–water partition coefficient (Wildman–Crippen LogP) is -0.0608. The second-order valence-electron chi connectivity index (χ2n) is 2.11. The van der Waals surface area contributed by atoms with Crippen molar-refractivity contribution in [3.05, 3.63) is 24.2 Å². The van der Waals surface area contributed by atoms with Gasteiger partial charge in [-0.05, 0) is 13.0 Å². The summed E-state index contributed by atoms with van der Waals surface area (Å²) in [7, 11) is 0. The van der Waals surface area contributed by atoms with Crippen molar-refractivity contribution in [2.45, 2.75) is 6.92 Å². The summed E-state index contributed by atoms with van der Waals surface area (Å²) in [4.78, 5) is 3.91. The normalized spacial score (nSPS) is 12.8. The Bertz CT molecular complexity index is 193. The molecule has 0 heterocycles. The van der Waals surface area contributed by atoms with E-state index < -0.39 is 0 Å². The van der Waals surface area contributed by atoms with Crippen LogP contribution in [0.3, 0.4) is 0 Å². The molecule has 0 aliphatic carbocycles. The molecule has 12 heavy (non-hydrogen) atoms. The zero-order chi connectivity index (χ0) is 9.40. The van der Waals surface area contributed by atoms with E-state index in [9.17, 15) is 0 Å². The van der Waals surface area contributed by atoms with Gasteiger partial charge in [-0.25, -0.2) is 4.99 Å². The van der Waals surface area contributed by atoms with Crippen LogP contribution in [-0.4, -0.2) is 19.3 Å². The summed E-state index contributed by atoms with van der Waals surface area (Å²) in [6.45, 7) is 6.63. The van der Waals surface area contributed by atoms with Gasteiger partial charge in [0, 0.05) is 19.3 Å². The summed E-state index contributed by atoms with van der Waals surface area (Å²) in [6, 6.07) is 0. The molecule has 0 saturated carbocycles. The van der Waals surface area contributed by atoms with Crippen LogP contribution < -0.4 is 16.8 Å². The van der Waals surface area contributed by atoms with Gasteiger partial charge in [-0.1, -0.05) is 6.58 Å². The third-order valence-corrected chi connectivity index (χ3v) is 1.21. The lowest BCUT2D eigenvalue weighted by molar-refractivity contribution is 0.801. The van der Waals surface area contributed by atoms with E-state index in [2.05, 4.69) is 16.9 Å². The third kappa shape index (κ3) is 3.78. The summed E-state index contributed by atoms with van der Waals surface area (Å²) in [5.41, 5.74) is 11.6. The summed E-state index contributed by atoms with van der Waals surface area (Å²) in [5, 5.41) is 3.00. The van der Waals surface area contributed by atoms with E-state index in [1.807, 2.05) is 0 Å². The van der Waals surface area contributed by atoms with Crippen molar-refractivity contribution in [2.24, 2.45) is 16.5 Å². The first-order valence-corrected chi connectivity index (χ1v) is 3.81. The molecule has 0 saturated heterocycles. The minimum Gasteiger partial charge on any atom is -0.382 e. The molecule has 68 valence electrons. The topological polar surface area (TPSA) is 76.4 Å². The molecule has 0 aliphatic rings. The Morgan fingerprint density at radius 1 is 1.67 bits per heavy atom. The molecule has 0 spiro atoms. The lowest BCUT2D eigenvalue weighted by Crippen LogP contribution is -2.23. The fourth-order valence-electron chi connectivity index (χ4n) is 0.683. The molecule has 4 heteroatoms. The van der Waals surface area contributed by atoms with Gasteiger partial charge in [0.15, 0.2) is 0 Å². The number of nitrogens with two attached hydrogens (primary N) is 2. The highest BCUT2D eigenvalue weighted by atomic mass is 15.0. The highest BCUT2D eigenvalue weighted by Crippen LogP contribution is 1.95. The van der Waals surface area contributed by atoms with Crippen molar-refractivity contribution >= 4 is 6.21 Å². The van der Waals surface area contributed by atoms with E-state index in [1.165, 1.54) is 0 Å². The third-order valence-electron chi connectivity index (χ3n) is 1.21. The largest absolute Gasteiger partial charge is 0.382 e. The van der Waals surface area contributed by atoms with E-state index in [0.29, 0.717) is 18.9 Å². The zero-order valence-corrected chi connectivity index (χ0v) is 7.38. The molecular weight excluding hydrogens is 152 g/mol. The van der Waals surface area contributed by atoms with E-state index in [-0.39, 0.29) is 0 Å². The summed E-state index contributed by atoms with van der Waals surface area (Å²) >= 11 is 0. The molecule has 4 nitrogen and oxygen atoms in total. The first-order chi connectivity index (χ1) is 5.76. The molecule has 0 atom stereocenters. The van der Waals surface area contributed by atoms with Crippen LogP contribution in [0.1, 0.15) is 6.92 Å². The van der Waals surface area contributed by atoms with Crippen LogP contribution in [0.2, 0.25) is 0 Å². The molecule has 0 aromatic rings. The van der Waals surface area contributed by atoms with Gasteiger partial charge in [-0.15, -0.1) is 0 Å². The minimum atomic E-state index is 0.431. The fraction of sp³-hybridized carbons (Fsp3) is 0.375. The standard InChI is InChI=1S/C8H16N4/c1-3-7(12-6-5-9)8(10)11-4-2/h3-4,12H,1,5-6,9-10H2,2H3/b8-7+,11-4-. The first kappa shape index (κ1) is 10.7. The molecule has 0 rings (SSSR count). The molecule has 0 amide bonds. The number of rotatable bonds is 5. The highest BCUT2D eigenvalue weighted by Gasteiger charge is 1.94. The average molecular weight is 168 g/mol. The molecule has 0 bridgehead atoms. The Morgan fingerprint density at radius 2 is 2.33 bits per heavy atom. The smallest absolute Gasteiger partial charge is 0.146 e. The van der Waals surface area contributed by atoms with Crippen LogP contribution in [0.15, 0.2) is 29.2 Å². The number of nitrogens with one attached hydrogen (secondary N) is 1. The van der Waals surface area contributed by atoms with Crippen LogP contribution in [-0.2, 0) is 0 Å². The Morgan fingerprint density at radius 3 is 2.75 bits per heavy atom. The molecule has 0 radical (unpaired) electrons. The Balaban J connectivity index is 4.28. The molecule has 5 N–H and O–H groups in total. The van der Waals surface area contributed by atoms with Crippen molar-refractivity contribution in [3.63, 3.8) is 0 Å². The molecule has 0 fully saturated rings. The number of hydrogen-bond donors (Lipinski definition) is 3. The fourth-order valence-corrected chi connectivity index (χ4v) is 0.683. The minimum absolute atomic E-state index is 0.431. The number of aliphatic imine (C=N–C) groups is 1. The van der Waals surface area contributed by atoms with Gasteiger partial charge in [-0.2, -0.15) is 0 Å². The van der Waals surface area contributed by atoms with Gasteiger partial charge < -0.3 is 16.8 Å². The van der Waals surface area contributed by atoms with Crippen LogP contribution in [0.5, 0.6) is 0 Å². The quantitative estimate of drug-likeness (QED) is 0.397. The predicted molar refractivity (Wildman–Crippen MR) is 52.6 cm³/mol. The summed E-state index contributed by atoms with van der Waals surface area (Å²) in [6.07, 6.45) is 3.25. The van der Waals surface area contributed by atoms with Gasteiger partial charge in [0.2, 0.25) is 0 Å². The molecule has 0 aromatic carbocycles. The van der Waals surface area contributed by atoms with Gasteiger partial charge >= 0.3 is 0 Å². The van der Waals surface area contributed by atoms with Crippen molar-refractivity contribution < 1.29 is 0 Å². The van der Waals surface area contributed by atoms with Crippen molar-refractivity contribution in [2.75, 3.05) is 13.1 Å². The maximum atomic E-state index is 5.59. The van der Waals surface area contributed by atoms with Crippen molar-refractivity contribution in [1.29, 1.82) is 0 Å². The molecular formula is C8H16N4. The average Bonchev–Trinajstić information content (AvgIpc) is 2.06. The van der Waals surface area contributed by atoms with Crippen molar-refractivity contribution in [1.82, 2.24) is 5.32 Å². The van der Waals surface area contributed by atoms with Gasteiger partial charge in [0.25, 0.3) is 0 Å². The summed E-state index contributed by atoms with van der Waals surface area (Å²) in [5.74, 6) is 0.431. The van der Waals surface area contributed by atoms with E-state index in [0.717, 1.165) is 5.70 Å². The second-order valence-corrected chi connectivity index (χ2v) is 2.11. The monoisotopic (exact) mass is 168 g/mol. The van der Waals surface area contributed by atoms with Gasteiger partial charge in [0.1, 0.15) is 5.82 Å². The molecule has 0 aliphatic heterocycles. The lowest BCUT2D eigenvalue weighted by atomic mass is 10.4. The highest BCUT2D eigenvalue weighted by molar-refractivity contribution is 5.55. The maximum Gasteiger partial charge on any atom is 0.146 e. The second kappa shape index (κ2) is 6.42.